The Balaban J connectivity index is 2.21. The molecule has 1 aromatic heterocycles. The summed E-state index contributed by atoms with van der Waals surface area (Å²) in [5.74, 6) is 0.649. The van der Waals surface area contributed by atoms with E-state index in [0.29, 0.717) is 12.3 Å². The first-order valence-corrected chi connectivity index (χ1v) is 6.12. The fourth-order valence-corrected chi connectivity index (χ4v) is 2.27. The normalized spacial score (nSPS) is 21.1. The molecule has 1 aliphatic heterocycles. The Kier molecular flexibility index (Phi) is 3.05. The van der Waals surface area contributed by atoms with Crippen LogP contribution in [0.15, 0.2) is 18.3 Å². The molecule has 1 amide bonds. The standard InChI is InChI=1S/C11H13BrN2O/c1-8-4-10(2-3-13-8)14-7-9(6-12)5-11(14)15/h2-4,9H,5-7H2,1H3. The van der Waals surface area contributed by atoms with Gasteiger partial charge in [0.25, 0.3) is 0 Å². The number of hydrogen-bond acceptors (Lipinski definition) is 2. The molecular formula is C11H13BrN2O. The van der Waals surface area contributed by atoms with Gasteiger partial charge < -0.3 is 4.90 Å². The summed E-state index contributed by atoms with van der Waals surface area (Å²) in [6, 6.07) is 3.84. The number of alkyl halides is 1. The van der Waals surface area contributed by atoms with Crippen molar-refractivity contribution in [2.75, 3.05) is 16.8 Å². The summed E-state index contributed by atoms with van der Waals surface area (Å²) in [6.45, 7) is 2.75. The first-order chi connectivity index (χ1) is 7.20. The van der Waals surface area contributed by atoms with Gasteiger partial charge in [-0.3, -0.25) is 9.78 Å². The van der Waals surface area contributed by atoms with Crippen molar-refractivity contribution < 1.29 is 4.79 Å². The predicted octanol–water partition coefficient (Wildman–Crippen LogP) is 2.14. The van der Waals surface area contributed by atoms with Crippen molar-refractivity contribution in [2.45, 2.75) is 13.3 Å². The van der Waals surface area contributed by atoms with Crippen molar-refractivity contribution in [3.05, 3.63) is 24.0 Å². The molecule has 0 aromatic carbocycles. The summed E-state index contributed by atoms with van der Waals surface area (Å²) in [6.07, 6.45) is 2.39. The van der Waals surface area contributed by atoms with Gasteiger partial charge in [0, 0.05) is 35.9 Å². The van der Waals surface area contributed by atoms with Crippen molar-refractivity contribution in [3.8, 4) is 0 Å². The SMILES string of the molecule is Cc1cc(N2CC(CBr)CC2=O)ccn1. The maximum atomic E-state index is 11.7. The van der Waals surface area contributed by atoms with E-state index in [2.05, 4.69) is 20.9 Å². The number of rotatable bonds is 2. The number of aryl methyl sites for hydroxylation is 1. The molecule has 2 heterocycles. The number of halogens is 1. The van der Waals surface area contributed by atoms with Crippen LogP contribution in [0.5, 0.6) is 0 Å². The highest BCUT2D eigenvalue weighted by Gasteiger charge is 2.29. The molecule has 1 atom stereocenters. The Bertz CT molecular complexity index is 381. The fraction of sp³-hybridized carbons (Fsp3) is 0.455. The molecule has 1 aromatic rings. The molecule has 0 N–H and O–H groups in total. The molecule has 0 radical (unpaired) electrons. The predicted molar refractivity (Wildman–Crippen MR) is 63.2 cm³/mol. The zero-order valence-electron chi connectivity index (χ0n) is 8.61. The van der Waals surface area contributed by atoms with Gasteiger partial charge in [-0.15, -0.1) is 0 Å². The number of amides is 1. The van der Waals surface area contributed by atoms with Crippen LogP contribution in [0, 0.1) is 12.8 Å². The van der Waals surface area contributed by atoms with Gasteiger partial charge in [-0.1, -0.05) is 15.9 Å². The van der Waals surface area contributed by atoms with Crippen molar-refractivity contribution in [1.29, 1.82) is 0 Å². The zero-order chi connectivity index (χ0) is 10.8. The lowest BCUT2D eigenvalue weighted by Gasteiger charge is -2.16. The minimum absolute atomic E-state index is 0.213. The highest BCUT2D eigenvalue weighted by molar-refractivity contribution is 9.09. The summed E-state index contributed by atoms with van der Waals surface area (Å²) < 4.78 is 0. The van der Waals surface area contributed by atoms with Crippen molar-refractivity contribution >= 4 is 27.5 Å². The fourth-order valence-electron chi connectivity index (χ4n) is 1.83. The quantitative estimate of drug-likeness (QED) is 0.771. The third kappa shape index (κ3) is 2.20. The zero-order valence-corrected chi connectivity index (χ0v) is 10.2. The summed E-state index contributed by atoms with van der Waals surface area (Å²) >= 11 is 3.43. The van der Waals surface area contributed by atoms with E-state index >= 15 is 0 Å². The molecule has 15 heavy (non-hydrogen) atoms. The second-order valence-corrected chi connectivity index (χ2v) is 4.53. The van der Waals surface area contributed by atoms with E-state index in [1.807, 2.05) is 24.0 Å². The van der Waals surface area contributed by atoms with Gasteiger partial charge >= 0.3 is 0 Å². The van der Waals surface area contributed by atoms with E-state index in [1.54, 1.807) is 6.20 Å². The minimum atomic E-state index is 0.213. The Labute approximate surface area is 97.6 Å². The van der Waals surface area contributed by atoms with E-state index < -0.39 is 0 Å². The molecule has 2 rings (SSSR count). The number of pyridine rings is 1. The molecule has 1 fully saturated rings. The maximum Gasteiger partial charge on any atom is 0.227 e. The molecule has 0 spiro atoms. The van der Waals surface area contributed by atoms with Crippen LogP contribution in [-0.4, -0.2) is 22.8 Å². The highest BCUT2D eigenvalue weighted by atomic mass is 79.9. The highest BCUT2D eigenvalue weighted by Crippen LogP contribution is 2.25. The molecule has 3 nitrogen and oxygen atoms in total. The summed E-state index contributed by atoms with van der Waals surface area (Å²) in [5.41, 5.74) is 1.92. The Morgan fingerprint density at radius 1 is 1.67 bits per heavy atom. The lowest BCUT2D eigenvalue weighted by Crippen LogP contribution is -2.24. The first-order valence-electron chi connectivity index (χ1n) is 4.99. The van der Waals surface area contributed by atoms with Crippen LogP contribution in [0.1, 0.15) is 12.1 Å². The average Bonchev–Trinajstić information content (AvgIpc) is 2.60. The number of aromatic nitrogens is 1. The third-order valence-electron chi connectivity index (χ3n) is 2.62. The van der Waals surface area contributed by atoms with Gasteiger partial charge in [-0.2, -0.15) is 0 Å². The van der Waals surface area contributed by atoms with Crippen molar-refractivity contribution in [2.24, 2.45) is 5.92 Å². The Morgan fingerprint density at radius 3 is 3.07 bits per heavy atom. The third-order valence-corrected chi connectivity index (χ3v) is 3.53. The van der Waals surface area contributed by atoms with E-state index in [4.69, 9.17) is 0 Å². The summed E-state index contributed by atoms with van der Waals surface area (Å²) in [7, 11) is 0. The second kappa shape index (κ2) is 4.31. The Morgan fingerprint density at radius 2 is 2.47 bits per heavy atom. The molecule has 1 unspecified atom stereocenters. The van der Waals surface area contributed by atoms with Gasteiger partial charge in [0.1, 0.15) is 0 Å². The number of carbonyl (C=O) groups excluding carboxylic acids is 1. The van der Waals surface area contributed by atoms with Gasteiger partial charge in [0.05, 0.1) is 0 Å². The van der Waals surface area contributed by atoms with Crippen LogP contribution < -0.4 is 4.90 Å². The maximum absolute atomic E-state index is 11.7. The van der Waals surface area contributed by atoms with Crippen LogP contribution in [0.4, 0.5) is 5.69 Å². The molecule has 1 aliphatic rings. The van der Waals surface area contributed by atoms with Crippen molar-refractivity contribution in [3.63, 3.8) is 0 Å². The molecule has 0 saturated carbocycles. The van der Waals surface area contributed by atoms with Crippen molar-refractivity contribution in [1.82, 2.24) is 4.98 Å². The van der Waals surface area contributed by atoms with E-state index in [-0.39, 0.29) is 5.91 Å². The molecule has 4 heteroatoms. The summed E-state index contributed by atoms with van der Waals surface area (Å²) in [4.78, 5) is 17.7. The smallest absolute Gasteiger partial charge is 0.227 e. The van der Waals surface area contributed by atoms with Gasteiger partial charge in [-0.25, -0.2) is 0 Å². The van der Waals surface area contributed by atoms with Gasteiger partial charge in [-0.05, 0) is 25.0 Å². The minimum Gasteiger partial charge on any atom is -0.312 e. The monoisotopic (exact) mass is 268 g/mol. The lowest BCUT2D eigenvalue weighted by atomic mass is 10.2. The number of hydrogen-bond donors (Lipinski definition) is 0. The number of nitrogens with zero attached hydrogens (tertiary/aromatic N) is 2. The van der Waals surface area contributed by atoms with E-state index in [9.17, 15) is 4.79 Å². The van der Waals surface area contributed by atoms with Crippen LogP contribution in [-0.2, 0) is 4.79 Å². The van der Waals surface area contributed by atoms with Crippen LogP contribution in [0.3, 0.4) is 0 Å². The van der Waals surface area contributed by atoms with Gasteiger partial charge in [0.15, 0.2) is 0 Å². The molecule has 80 valence electrons. The lowest BCUT2D eigenvalue weighted by molar-refractivity contribution is -0.117. The van der Waals surface area contributed by atoms with Crippen LogP contribution >= 0.6 is 15.9 Å². The Hall–Kier alpha value is -0.900. The largest absolute Gasteiger partial charge is 0.312 e. The van der Waals surface area contributed by atoms with Gasteiger partial charge in [0.2, 0.25) is 5.91 Å². The molecule has 0 aliphatic carbocycles. The van der Waals surface area contributed by atoms with E-state index in [0.717, 1.165) is 23.3 Å². The first kappa shape index (κ1) is 10.6. The van der Waals surface area contributed by atoms with Crippen LogP contribution in [0.25, 0.3) is 0 Å². The van der Waals surface area contributed by atoms with E-state index in [1.165, 1.54) is 0 Å². The summed E-state index contributed by atoms with van der Waals surface area (Å²) in [5, 5.41) is 0.888. The van der Waals surface area contributed by atoms with Crippen LogP contribution in [0.2, 0.25) is 0 Å². The number of carbonyl (C=O) groups is 1. The molecular weight excluding hydrogens is 256 g/mol. The molecule has 0 bridgehead atoms. The average molecular weight is 269 g/mol. The number of anilines is 1. The molecule has 1 saturated heterocycles. The second-order valence-electron chi connectivity index (χ2n) is 3.88. The topological polar surface area (TPSA) is 33.2 Å².